The monoisotopic (exact) mass is 294 g/mol. The summed E-state index contributed by atoms with van der Waals surface area (Å²) in [5.74, 6) is -0.645. The van der Waals surface area contributed by atoms with Crippen LogP contribution in [-0.2, 0) is 9.59 Å². The maximum atomic E-state index is 11.8. The van der Waals surface area contributed by atoms with E-state index in [9.17, 15) is 9.59 Å². The van der Waals surface area contributed by atoms with Gasteiger partial charge in [-0.2, -0.15) is 4.99 Å². The molecule has 1 aromatic carbocycles. The normalized spacial score (nSPS) is 17.0. The van der Waals surface area contributed by atoms with Gasteiger partial charge >= 0.3 is 0 Å². The molecule has 2 amide bonds. The Morgan fingerprint density at radius 3 is 2.53 bits per heavy atom. The molecular weight excluding hydrogens is 284 g/mol. The molecule has 0 unspecified atom stereocenters. The summed E-state index contributed by atoms with van der Waals surface area (Å²) in [6.45, 7) is 1.40. The third-order valence-corrected chi connectivity index (χ3v) is 3.41. The Labute approximate surface area is 120 Å². The fraction of sp³-hybridized carbons (Fsp3) is 0.154. The second kappa shape index (κ2) is 5.59. The summed E-state index contributed by atoms with van der Waals surface area (Å²) >= 11 is 7.07. The van der Waals surface area contributed by atoms with Crippen LogP contribution in [0, 0.1) is 0 Å². The SMILES string of the molecule is CSC1=NC(=O)/C(=C\c2ccc(Cl)cc2)N1C(C)=O. The first-order chi connectivity index (χ1) is 9.02. The number of nitrogens with zero attached hydrogens (tertiary/aromatic N) is 2. The number of aliphatic imine (C=N–C) groups is 1. The van der Waals surface area contributed by atoms with Crippen molar-refractivity contribution in [2.75, 3.05) is 6.26 Å². The summed E-state index contributed by atoms with van der Waals surface area (Å²) in [6.07, 6.45) is 3.40. The van der Waals surface area contributed by atoms with Gasteiger partial charge in [0.05, 0.1) is 0 Å². The average molecular weight is 295 g/mol. The predicted molar refractivity (Wildman–Crippen MR) is 77.9 cm³/mol. The summed E-state index contributed by atoms with van der Waals surface area (Å²) in [4.78, 5) is 28.7. The Hall–Kier alpha value is -1.59. The van der Waals surface area contributed by atoms with Gasteiger partial charge in [0, 0.05) is 11.9 Å². The number of amidine groups is 1. The molecule has 0 N–H and O–H groups in total. The van der Waals surface area contributed by atoms with Gasteiger partial charge in [0.2, 0.25) is 5.91 Å². The highest BCUT2D eigenvalue weighted by Crippen LogP contribution is 2.24. The molecule has 0 spiro atoms. The van der Waals surface area contributed by atoms with Gasteiger partial charge in [-0.15, -0.1) is 0 Å². The van der Waals surface area contributed by atoms with Crippen LogP contribution >= 0.6 is 23.4 Å². The molecule has 0 fully saturated rings. The number of hydrogen-bond acceptors (Lipinski definition) is 3. The van der Waals surface area contributed by atoms with Gasteiger partial charge in [-0.05, 0) is 30.0 Å². The largest absolute Gasteiger partial charge is 0.296 e. The standard InChI is InChI=1S/C13H11ClN2O2S/c1-8(17)16-11(12(18)15-13(16)19-2)7-9-3-5-10(14)6-4-9/h3-7H,1-2H3/b11-7+. The first-order valence-electron chi connectivity index (χ1n) is 5.48. The van der Waals surface area contributed by atoms with Gasteiger partial charge in [0.15, 0.2) is 5.17 Å². The molecule has 19 heavy (non-hydrogen) atoms. The van der Waals surface area contributed by atoms with E-state index in [1.54, 1.807) is 36.6 Å². The van der Waals surface area contributed by atoms with Crippen molar-refractivity contribution in [1.29, 1.82) is 0 Å². The minimum absolute atomic E-state index is 0.237. The molecule has 1 aliphatic rings. The summed E-state index contributed by atoms with van der Waals surface area (Å²) in [7, 11) is 0. The van der Waals surface area contributed by atoms with Gasteiger partial charge in [0.1, 0.15) is 5.70 Å². The van der Waals surface area contributed by atoms with Crippen molar-refractivity contribution in [2.45, 2.75) is 6.92 Å². The van der Waals surface area contributed by atoms with Crippen molar-refractivity contribution in [3.8, 4) is 0 Å². The van der Waals surface area contributed by atoms with E-state index in [1.165, 1.54) is 23.6 Å². The Bertz CT molecular complexity index is 593. The molecule has 6 heteroatoms. The Balaban J connectivity index is 2.40. The zero-order valence-corrected chi connectivity index (χ0v) is 12.0. The maximum absolute atomic E-state index is 11.8. The van der Waals surface area contributed by atoms with Gasteiger partial charge in [-0.25, -0.2) is 0 Å². The quantitative estimate of drug-likeness (QED) is 0.748. The lowest BCUT2D eigenvalue weighted by atomic mass is 10.2. The first kappa shape index (κ1) is 13.8. The number of thioether (sulfide) groups is 1. The van der Waals surface area contributed by atoms with Crippen molar-refractivity contribution in [2.24, 2.45) is 4.99 Å². The number of hydrogen-bond donors (Lipinski definition) is 0. The molecule has 0 atom stereocenters. The van der Waals surface area contributed by atoms with Crippen LogP contribution < -0.4 is 0 Å². The van der Waals surface area contributed by atoms with Crippen molar-refractivity contribution in [1.82, 2.24) is 4.90 Å². The molecule has 1 heterocycles. The lowest BCUT2D eigenvalue weighted by Gasteiger charge is -2.15. The lowest BCUT2D eigenvalue weighted by Crippen LogP contribution is -2.29. The second-order valence-electron chi connectivity index (χ2n) is 3.84. The van der Waals surface area contributed by atoms with E-state index >= 15 is 0 Å². The van der Waals surface area contributed by atoms with E-state index in [2.05, 4.69) is 4.99 Å². The van der Waals surface area contributed by atoms with Gasteiger partial charge in [-0.1, -0.05) is 35.5 Å². The summed E-state index contributed by atoms with van der Waals surface area (Å²) in [5, 5.41) is 1.02. The summed E-state index contributed by atoms with van der Waals surface area (Å²) in [6, 6.07) is 7.00. The zero-order valence-electron chi connectivity index (χ0n) is 10.4. The number of benzene rings is 1. The molecule has 0 bridgehead atoms. The van der Waals surface area contributed by atoms with Crippen molar-refractivity contribution >= 4 is 46.4 Å². The number of rotatable bonds is 1. The maximum Gasteiger partial charge on any atom is 0.296 e. The van der Waals surface area contributed by atoms with Crippen LogP contribution in [0.15, 0.2) is 35.0 Å². The first-order valence-corrected chi connectivity index (χ1v) is 7.08. The molecule has 1 aliphatic heterocycles. The van der Waals surface area contributed by atoms with Crippen LogP contribution in [0.25, 0.3) is 6.08 Å². The Morgan fingerprint density at radius 2 is 2.00 bits per heavy atom. The Kier molecular flexibility index (Phi) is 4.07. The van der Waals surface area contributed by atoms with Crippen LogP contribution in [0.2, 0.25) is 5.02 Å². The number of halogens is 1. The van der Waals surface area contributed by atoms with Gasteiger partial charge < -0.3 is 0 Å². The molecule has 0 aliphatic carbocycles. The lowest BCUT2D eigenvalue weighted by molar-refractivity contribution is -0.125. The summed E-state index contributed by atoms with van der Waals surface area (Å²) < 4.78 is 0. The van der Waals surface area contributed by atoms with Gasteiger partial charge in [0.25, 0.3) is 5.91 Å². The fourth-order valence-electron chi connectivity index (χ4n) is 1.68. The molecule has 2 rings (SSSR count). The van der Waals surface area contributed by atoms with E-state index in [0.29, 0.717) is 10.2 Å². The van der Waals surface area contributed by atoms with E-state index in [0.717, 1.165) is 5.56 Å². The number of carbonyl (C=O) groups excluding carboxylic acids is 2. The number of amides is 2. The molecule has 1 aromatic rings. The second-order valence-corrected chi connectivity index (χ2v) is 5.05. The molecule has 4 nitrogen and oxygen atoms in total. The van der Waals surface area contributed by atoms with Crippen molar-refractivity contribution in [3.05, 3.63) is 40.5 Å². The van der Waals surface area contributed by atoms with E-state index in [1.807, 2.05) is 0 Å². The van der Waals surface area contributed by atoms with Crippen molar-refractivity contribution in [3.63, 3.8) is 0 Å². The highest BCUT2D eigenvalue weighted by atomic mass is 35.5. The van der Waals surface area contributed by atoms with Crippen molar-refractivity contribution < 1.29 is 9.59 Å². The molecule has 0 saturated heterocycles. The third kappa shape index (κ3) is 2.88. The number of carbonyl (C=O) groups is 2. The van der Waals surface area contributed by atoms with Gasteiger partial charge in [-0.3, -0.25) is 14.5 Å². The van der Waals surface area contributed by atoms with E-state index < -0.39 is 5.91 Å². The topological polar surface area (TPSA) is 49.7 Å². The average Bonchev–Trinajstić information content (AvgIpc) is 2.69. The van der Waals surface area contributed by atoms with Crippen LogP contribution in [0.1, 0.15) is 12.5 Å². The smallest absolute Gasteiger partial charge is 0.274 e. The predicted octanol–water partition coefficient (Wildman–Crippen LogP) is 2.79. The third-order valence-electron chi connectivity index (χ3n) is 2.52. The molecule has 98 valence electrons. The van der Waals surface area contributed by atoms with Crippen LogP contribution in [-0.4, -0.2) is 28.1 Å². The minimum Gasteiger partial charge on any atom is -0.274 e. The van der Waals surface area contributed by atoms with Crippen LogP contribution in [0.3, 0.4) is 0 Å². The highest BCUT2D eigenvalue weighted by Gasteiger charge is 2.31. The van der Waals surface area contributed by atoms with Crippen LogP contribution in [0.4, 0.5) is 0 Å². The molecule has 0 saturated carbocycles. The molecular formula is C13H11ClN2O2S. The van der Waals surface area contributed by atoms with E-state index in [4.69, 9.17) is 11.6 Å². The zero-order chi connectivity index (χ0) is 14.0. The van der Waals surface area contributed by atoms with Crippen LogP contribution in [0.5, 0.6) is 0 Å². The highest BCUT2D eigenvalue weighted by molar-refractivity contribution is 8.13. The fourth-order valence-corrected chi connectivity index (χ4v) is 2.39. The summed E-state index contributed by atoms with van der Waals surface area (Å²) in [5.41, 5.74) is 1.05. The Morgan fingerprint density at radius 1 is 1.37 bits per heavy atom. The minimum atomic E-state index is -0.408. The van der Waals surface area contributed by atoms with E-state index in [-0.39, 0.29) is 11.6 Å². The molecule has 0 radical (unpaired) electrons. The molecule has 0 aromatic heterocycles.